The van der Waals surface area contributed by atoms with Gasteiger partial charge in [-0.05, 0) is 38.0 Å². The van der Waals surface area contributed by atoms with E-state index in [1.165, 1.54) is 13.0 Å². The summed E-state index contributed by atoms with van der Waals surface area (Å²) < 4.78 is 74.9. The van der Waals surface area contributed by atoms with Gasteiger partial charge in [-0.15, -0.1) is 0 Å². The van der Waals surface area contributed by atoms with Crippen molar-refractivity contribution in [3.05, 3.63) is 23.8 Å². The van der Waals surface area contributed by atoms with Crippen molar-refractivity contribution in [2.75, 3.05) is 49.3 Å². The molecule has 9 nitrogen and oxygen atoms in total. The number of ether oxygens (including phenoxy) is 2. The maximum absolute atomic E-state index is 13.2. The molecule has 1 aromatic rings. The van der Waals surface area contributed by atoms with Crippen LogP contribution in [0.2, 0.25) is 0 Å². The van der Waals surface area contributed by atoms with Gasteiger partial charge in [-0.1, -0.05) is 0 Å². The third-order valence-corrected chi connectivity index (χ3v) is 6.79. The minimum absolute atomic E-state index is 0.0711. The Labute approximate surface area is 189 Å². The fraction of sp³-hybridized carbons (Fsp3) is 0.600. The van der Waals surface area contributed by atoms with E-state index < -0.39 is 45.8 Å². The van der Waals surface area contributed by atoms with Crippen LogP contribution in [0.4, 0.5) is 24.5 Å². The van der Waals surface area contributed by atoms with Gasteiger partial charge in [0.15, 0.2) is 6.10 Å². The number of nitrogens with zero attached hydrogens (tertiary/aromatic N) is 2. The largest absolute Gasteiger partial charge is 0.451 e. The number of esters is 1. The predicted molar refractivity (Wildman–Crippen MR) is 113 cm³/mol. The van der Waals surface area contributed by atoms with Crippen LogP contribution in [-0.4, -0.2) is 75.8 Å². The molecule has 13 heteroatoms. The minimum atomic E-state index is -4.61. The zero-order chi connectivity index (χ0) is 24.4. The van der Waals surface area contributed by atoms with Gasteiger partial charge in [0, 0.05) is 19.6 Å². The van der Waals surface area contributed by atoms with Crippen LogP contribution in [0.25, 0.3) is 0 Å². The second kappa shape index (κ2) is 9.85. The molecule has 1 N–H and O–H groups in total. The van der Waals surface area contributed by atoms with Crippen molar-refractivity contribution < 1.29 is 40.7 Å². The molecule has 1 aromatic carbocycles. The Kier molecular flexibility index (Phi) is 7.54. The first-order chi connectivity index (χ1) is 15.4. The first kappa shape index (κ1) is 25.2. The van der Waals surface area contributed by atoms with Gasteiger partial charge in [-0.2, -0.15) is 17.5 Å². The third-order valence-electron chi connectivity index (χ3n) is 5.50. The van der Waals surface area contributed by atoms with E-state index in [0.717, 1.165) is 22.7 Å². The van der Waals surface area contributed by atoms with Gasteiger partial charge >= 0.3 is 12.1 Å². The normalized spacial score (nSPS) is 21.0. The first-order valence-electron chi connectivity index (χ1n) is 10.4. The molecule has 0 spiro atoms. The Morgan fingerprint density at radius 2 is 1.88 bits per heavy atom. The monoisotopic (exact) mass is 493 g/mol. The summed E-state index contributed by atoms with van der Waals surface area (Å²) in [5, 5.41) is 2.43. The molecule has 184 valence electrons. The lowest BCUT2D eigenvalue weighted by Gasteiger charge is -2.31. The van der Waals surface area contributed by atoms with E-state index in [9.17, 15) is 31.2 Å². The van der Waals surface area contributed by atoms with Gasteiger partial charge in [0.25, 0.3) is 5.91 Å². The summed E-state index contributed by atoms with van der Waals surface area (Å²) in [6.07, 6.45) is -4.25. The Bertz CT molecular complexity index is 995. The van der Waals surface area contributed by atoms with Gasteiger partial charge in [-0.25, -0.2) is 8.42 Å². The van der Waals surface area contributed by atoms with Gasteiger partial charge in [0.2, 0.25) is 10.0 Å². The number of rotatable bonds is 6. The van der Waals surface area contributed by atoms with E-state index in [1.54, 1.807) is 4.90 Å². The van der Waals surface area contributed by atoms with E-state index >= 15 is 0 Å². The second-order valence-corrected chi connectivity index (χ2v) is 9.86. The van der Waals surface area contributed by atoms with E-state index in [0.29, 0.717) is 38.4 Å². The van der Waals surface area contributed by atoms with E-state index in [2.05, 4.69) is 5.32 Å². The molecule has 0 unspecified atom stereocenters. The van der Waals surface area contributed by atoms with E-state index in [-0.39, 0.29) is 18.7 Å². The molecule has 0 aliphatic carbocycles. The summed E-state index contributed by atoms with van der Waals surface area (Å²) in [5.41, 5.74) is -0.621. The highest BCUT2D eigenvalue weighted by molar-refractivity contribution is 7.88. The molecule has 2 saturated heterocycles. The number of nitrogens with one attached hydrogen (secondary N) is 1. The Morgan fingerprint density at radius 1 is 1.21 bits per heavy atom. The quantitative estimate of drug-likeness (QED) is 0.603. The molecule has 2 heterocycles. The Morgan fingerprint density at radius 3 is 2.48 bits per heavy atom. The van der Waals surface area contributed by atoms with Crippen LogP contribution >= 0.6 is 0 Å². The number of alkyl halides is 3. The summed E-state index contributed by atoms with van der Waals surface area (Å²) in [4.78, 5) is 27.0. The highest BCUT2D eigenvalue weighted by Gasteiger charge is 2.39. The molecule has 0 aromatic heterocycles. The molecular formula is C20H26F3N3O6S. The van der Waals surface area contributed by atoms with Crippen LogP contribution in [0.1, 0.15) is 25.3 Å². The highest BCUT2D eigenvalue weighted by Crippen LogP contribution is 2.36. The molecule has 2 fully saturated rings. The highest BCUT2D eigenvalue weighted by atomic mass is 32.2. The van der Waals surface area contributed by atoms with Gasteiger partial charge in [0.05, 0.1) is 36.4 Å². The van der Waals surface area contributed by atoms with Crippen LogP contribution in [0.15, 0.2) is 18.2 Å². The second-order valence-electron chi connectivity index (χ2n) is 7.93. The lowest BCUT2D eigenvalue weighted by atomic mass is 10.1. The lowest BCUT2D eigenvalue weighted by Crippen LogP contribution is -2.43. The van der Waals surface area contributed by atoms with Crippen molar-refractivity contribution >= 4 is 33.3 Å². The van der Waals surface area contributed by atoms with Crippen LogP contribution in [0.3, 0.4) is 0 Å². The van der Waals surface area contributed by atoms with Gasteiger partial charge in [0.1, 0.15) is 6.04 Å². The molecule has 33 heavy (non-hydrogen) atoms. The van der Waals surface area contributed by atoms with E-state index in [4.69, 9.17) is 9.47 Å². The van der Waals surface area contributed by atoms with E-state index in [1.807, 2.05) is 0 Å². The zero-order valence-corrected chi connectivity index (χ0v) is 19.0. The van der Waals surface area contributed by atoms with Crippen molar-refractivity contribution in [1.29, 1.82) is 0 Å². The third kappa shape index (κ3) is 6.15. The fourth-order valence-corrected chi connectivity index (χ4v) is 4.92. The average Bonchev–Trinajstić information content (AvgIpc) is 3.24. The number of hydrogen-bond donors (Lipinski definition) is 1. The van der Waals surface area contributed by atoms with Crippen molar-refractivity contribution in [1.82, 2.24) is 4.31 Å². The summed E-state index contributed by atoms with van der Waals surface area (Å²) in [6, 6.07) is 2.01. The summed E-state index contributed by atoms with van der Waals surface area (Å²) in [7, 11) is -3.63. The number of benzene rings is 1. The number of halogens is 3. The summed E-state index contributed by atoms with van der Waals surface area (Å²) in [6.45, 7) is 3.09. The molecule has 0 radical (unpaired) electrons. The summed E-state index contributed by atoms with van der Waals surface area (Å²) >= 11 is 0. The Hall–Kier alpha value is -2.38. The number of sulfonamides is 1. The average molecular weight is 494 g/mol. The lowest BCUT2D eigenvalue weighted by molar-refractivity contribution is -0.156. The Balaban J connectivity index is 1.75. The molecule has 2 aliphatic heterocycles. The molecule has 1 amide bonds. The maximum atomic E-state index is 13.2. The topological polar surface area (TPSA) is 105 Å². The number of carbonyl (C=O) groups excluding carboxylic acids is 2. The standard InChI is InChI=1S/C20H26F3N3O6S/c1-13(32-19(28)17-4-3-7-26(17)33(2,29)30)18(27)24-15-12-14(20(21,22)23)5-6-16(15)25-8-10-31-11-9-25/h5-6,12-13,17H,3-4,7-11H2,1-2H3,(H,24,27)/t13-,17+/m1/s1. The van der Waals surface area contributed by atoms with Crippen LogP contribution in [0, 0.1) is 0 Å². The smallest absolute Gasteiger partial charge is 0.416 e. The maximum Gasteiger partial charge on any atom is 0.416 e. The van der Waals surface area contributed by atoms with Crippen molar-refractivity contribution in [2.45, 2.75) is 38.1 Å². The van der Waals surface area contributed by atoms with Crippen LogP contribution in [-0.2, 0) is 35.3 Å². The number of carbonyl (C=O) groups is 2. The number of morpholine rings is 1. The molecular weight excluding hydrogens is 467 g/mol. The van der Waals surface area contributed by atoms with Crippen molar-refractivity contribution in [2.24, 2.45) is 0 Å². The SMILES string of the molecule is C[C@@H](OC(=O)[C@@H]1CCCN1S(C)(=O)=O)C(=O)Nc1cc(C(F)(F)F)ccc1N1CCOCC1. The number of hydrogen-bond acceptors (Lipinski definition) is 7. The molecule has 0 saturated carbocycles. The molecule has 0 bridgehead atoms. The van der Waals surface area contributed by atoms with Gasteiger partial charge in [-0.3, -0.25) is 9.59 Å². The summed E-state index contributed by atoms with van der Waals surface area (Å²) in [5.74, 6) is -1.71. The van der Waals surface area contributed by atoms with Crippen molar-refractivity contribution in [3.8, 4) is 0 Å². The minimum Gasteiger partial charge on any atom is -0.451 e. The number of amides is 1. The first-order valence-corrected chi connectivity index (χ1v) is 12.2. The zero-order valence-electron chi connectivity index (χ0n) is 18.2. The van der Waals surface area contributed by atoms with Crippen LogP contribution in [0.5, 0.6) is 0 Å². The molecule has 3 rings (SSSR count). The van der Waals surface area contributed by atoms with Gasteiger partial charge < -0.3 is 19.7 Å². The van der Waals surface area contributed by atoms with Crippen LogP contribution < -0.4 is 10.2 Å². The molecule has 2 aliphatic rings. The predicted octanol–water partition coefficient (Wildman–Crippen LogP) is 1.84. The fourth-order valence-electron chi connectivity index (χ4n) is 3.81. The number of anilines is 2. The van der Waals surface area contributed by atoms with Crippen molar-refractivity contribution in [3.63, 3.8) is 0 Å². The molecule has 2 atom stereocenters.